The number of aliphatic hydroxyl groups is 1. The van der Waals surface area contributed by atoms with E-state index in [9.17, 15) is 27.1 Å². The number of rotatable bonds is 3. The molecular formula is C15H9Br2F5O. The highest BCUT2D eigenvalue weighted by atomic mass is 79.9. The molecule has 0 saturated heterocycles. The first-order valence-corrected chi connectivity index (χ1v) is 7.78. The molecule has 0 aliphatic heterocycles. The van der Waals surface area contributed by atoms with Crippen LogP contribution in [0.25, 0.3) is 0 Å². The Hall–Kier alpha value is -0.990. The van der Waals surface area contributed by atoms with E-state index in [4.69, 9.17) is 0 Å². The Morgan fingerprint density at radius 3 is 1.96 bits per heavy atom. The molecule has 2 aromatic carbocycles. The van der Waals surface area contributed by atoms with E-state index in [-0.39, 0.29) is 8.95 Å². The Labute approximate surface area is 145 Å². The fourth-order valence-electron chi connectivity index (χ4n) is 2.18. The minimum atomic E-state index is -5.95. The van der Waals surface area contributed by atoms with Gasteiger partial charge in [0.05, 0.1) is 0 Å². The monoisotopic (exact) mass is 458 g/mol. The summed E-state index contributed by atoms with van der Waals surface area (Å²) in [5, 5.41) is 10.6. The van der Waals surface area contributed by atoms with Crippen molar-refractivity contribution in [3.05, 3.63) is 68.6 Å². The van der Waals surface area contributed by atoms with Gasteiger partial charge in [-0.05, 0) is 23.8 Å². The first kappa shape index (κ1) is 18.4. The van der Waals surface area contributed by atoms with Crippen LogP contribution in [0.15, 0.2) is 57.5 Å². The van der Waals surface area contributed by atoms with Crippen LogP contribution in [-0.4, -0.2) is 17.2 Å². The molecule has 8 heteroatoms. The molecule has 1 N–H and O–H groups in total. The lowest BCUT2D eigenvalue weighted by molar-refractivity contribution is -0.336. The molecule has 0 aliphatic carbocycles. The SMILES string of the molecule is OC(c1cccc(Br)c1)(c1ccccc1Br)C(F)(F)C(F)(F)F. The van der Waals surface area contributed by atoms with Crippen molar-refractivity contribution < 1.29 is 27.1 Å². The van der Waals surface area contributed by atoms with E-state index < -0.39 is 28.8 Å². The van der Waals surface area contributed by atoms with E-state index in [2.05, 4.69) is 31.9 Å². The Balaban J connectivity index is 2.83. The Bertz CT molecular complexity index is 717. The van der Waals surface area contributed by atoms with Crippen molar-refractivity contribution in [3.63, 3.8) is 0 Å². The largest absolute Gasteiger partial charge is 0.457 e. The van der Waals surface area contributed by atoms with E-state index in [0.29, 0.717) is 0 Å². The molecule has 0 saturated carbocycles. The van der Waals surface area contributed by atoms with E-state index in [1.54, 1.807) is 0 Å². The van der Waals surface area contributed by atoms with Crippen LogP contribution in [0.5, 0.6) is 0 Å². The molecule has 23 heavy (non-hydrogen) atoms. The highest BCUT2D eigenvalue weighted by Gasteiger charge is 2.71. The fourth-order valence-corrected chi connectivity index (χ4v) is 3.15. The van der Waals surface area contributed by atoms with Crippen LogP contribution in [0.3, 0.4) is 0 Å². The standard InChI is InChI=1S/C15H9Br2F5O/c16-10-5-3-4-9(8-10)13(23,14(18,19)15(20,21)22)11-6-1-2-7-12(11)17/h1-8,23H. The molecule has 0 amide bonds. The normalized spacial score (nSPS) is 15.3. The van der Waals surface area contributed by atoms with Gasteiger partial charge in [0.2, 0.25) is 0 Å². The third-order valence-corrected chi connectivity index (χ3v) is 4.50. The van der Waals surface area contributed by atoms with E-state index in [1.165, 1.54) is 30.3 Å². The quantitative estimate of drug-likeness (QED) is 0.588. The van der Waals surface area contributed by atoms with Gasteiger partial charge in [0.1, 0.15) is 0 Å². The van der Waals surface area contributed by atoms with Crippen LogP contribution in [0.4, 0.5) is 22.0 Å². The number of benzene rings is 2. The second kappa shape index (κ2) is 6.14. The van der Waals surface area contributed by atoms with Crippen LogP contribution in [0.2, 0.25) is 0 Å². The third-order valence-electron chi connectivity index (χ3n) is 3.32. The molecule has 0 fully saturated rings. The van der Waals surface area contributed by atoms with Gasteiger partial charge >= 0.3 is 12.1 Å². The van der Waals surface area contributed by atoms with E-state index >= 15 is 0 Å². The van der Waals surface area contributed by atoms with Gasteiger partial charge in [0.15, 0.2) is 5.60 Å². The van der Waals surface area contributed by atoms with Gasteiger partial charge < -0.3 is 5.11 Å². The highest BCUT2D eigenvalue weighted by molar-refractivity contribution is 9.10. The summed E-state index contributed by atoms with van der Waals surface area (Å²) in [5.41, 5.74) is -4.75. The first-order valence-electron chi connectivity index (χ1n) is 6.20. The number of hydrogen-bond acceptors (Lipinski definition) is 1. The molecule has 124 valence electrons. The lowest BCUT2D eigenvalue weighted by Gasteiger charge is -2.38. The fraction of sp³-hybridized carbons (Fsp3) is 0.200. The molecule has 1 unspecified atom stereocenters. The molecular weight excluding hydrogens is 451 g/mol. The molecule has 2 rings (SSSR count). The second-order valence-corrected chi connectivity index (χ2v) is 6.54. The molecule has 0 spiro atoms. The van der Waals surface area contributed by atoms with Gasteiger partial charge in [-0.2, -0.15) is 22.0 Å². The first-order chi connectivity index (χ1) is 10.5. The summed E-state index contributed by atoms with van der Waals surface area (Å²) in [7, 11) is 0. The number of alkyl halides is 5. The Kier molecular flexibility index (Phi) is 4.90. The maximum absolute atomic E-state index is 14.3. The van der Waals surface area contributed by atoms with Crippen LogP contribution < -0.4 is 0 Å². The molecule has 0 aliphatic rings. The molecule has 2 aromatic rings. The predicted octanol–water partition coefficient (Wildman–Crippen LogP) is 5.65. The van der Waals surface area contributed by atoms with Crippen molar-refractivity contribution in [1.29, 1.82) is 0 Å². The van der Waals surface area contributed by atoms with Crippen LogP contribution in [0, 0.1) is 0 Å². The van der Waals surface area contributed by atoms with Gasteiger partial charge in [0, 0.05) is 14.5 Å². The minimum absolute atomic E-state index is 0.0635. The van der Waals surface area contributed by atoms with E-state index in [1.807, 2.05) is 0 Å². The summed E-state index contributed by atoms with van der Waals surface area (Å²) >= 11 is 5.95. The predicted molar refractivity (Wildman–Crippen MR) is 82.3 cm³/mol. The van der Waals surface area contributed by atoms with Crippen molar-refractivity contribution >= 4 is 31.9 Å². The van der Waals surface area contributed by atoms with Crippen molar-refractivity contribution in [2.24, 2.45) is 0 Å². The zero-order chi connectivity index (χ0) is 17.5. The number of hydrogen-bond donors (Lipinski definition) is 1. The minimum Gasteiger partial charge on any atom is -0.374 e. The summed E-state index contributed by atoms with van der Waals surface area (Å²) in [5.74, 6) is -5.41. The van der Waals surface area contributed by atoms with Crippen molar-refractivity contribution in [1.82, 2.24) is 0 Å². The Morgan fingerprint density at radius 1 is 0.826 bits per heavy atom. The zero-order valence-electron chi connectivity index (χ0n) is 11.2. The molecule has 0 heterocycles. The molecule has 0 aromatic heterocycles. The maximum Gasteiger partial charge on any atom is 0.457 e. The second-order valence-electron chi connectivity index (χ2n) is 4.77. The van der Waals surface area contributed by atoms with Gasteiger partial charge in [-0.1, -0.05) is 62.2 Å². The number of halogens is 7. The highest BCUT2D eigenvalue weighted by Crippen LogP contribution is 2.53. The van der Waals surface area contributed by atoms with Crippen LogP contribution >= 0.6 is 31.9 Å². The summed E-state index contributed by atoms with van der Waals surface area (Å²) in [6, 6.07) is 9.79. The van der Waals surface area contributed by atoms with Gasteiger partial charge in [-0.3, -0.25) is 0 Å². The van der Waals surface area contributed by atoms with Crippen molar-refractivity contribution in [3.8, 4) is 0 Å². The summed E-state index contributed by atoms with van der Waals surface area (Å²) in [6.45, 7) is 0. The molecule has 1 atom stereocenters. The van der Waals surface area contributed by atoms with Gasteiger partial charge in [-0.15, -0.1) is 0 Å². The molecule has 0 radical (unpaired) electrons. The van der Waals surface area contributed by atoms with Gasteiger partial charge in [0.25, 0.3) is 0 Å². The lowest BCUT2D eigenvalue weighted by atomic mass is 9.80. The molecule has 0 bridgehead atoms. The van der Waals surface area contributed by atoms with Crippen LogP contribution in [-0.2, 0) is 5.60 Å². The average Bonchev–Trinajstić information content (AvgIpc) is 2.45. The van der Waals surface area contributed by atoms with E-state index in [0.717, 1.165) is 18.2 Å². The van der Waals surface area contributed by atoms with Crippen molar-refractivity contribution in [2.75, 3.05) is 0 Å². The van der Waals surface area contributed by atoms with Crippen molar-refractivity contribution in [2.45, 2.75) is 17.7 Å². The maximum atomic E-state index is 14.3. The zero-order valence-corrected chi connectivity index (χ0v) is 14.4. The summed E-state index contributed by atoms with van der Waals surface area (Å²) in [6.07, 6.45) is -5.95. The smallest absolute Gasteiger partial charge is 0.374 e. The summed E-state index contributed by atoms with van der Waals surface area (Å²) in [4.78, 5) is 0. The lowest BCUT2D eigenvalue weighted by Crippen LogP contribution is -2.55. The topological polar surface area (TPSA) is 20.2 Å². The van der Waals surface area contributed by atoms with Crippen LogP contribution in [0.1, 0.15) is 11.1 Å². The average molecular weight is 460 g/mol. The Morgan fingerprint density at radius 2 is 1.43 bits per heavy atom. The van der Waals surface area contributed by atoms with Gasteiger partial charge in [-0.25, -0.2) is 0 Å². The third kappa shape index (κ3) is 3.04. The summed E-state index contributed by atoms with van der Waals surface area (Å²) < 4.78 is 67.7. The molecule has 1 nitrogen and oxygen atoms in total.